The molecular weight excluding hydrogens is 438 g/mol. The lowest BCUT2D eigenvalue weighted by atomic mass is 10.1. The summed E-state index contributed by atoms with van der Waals surface area (Å²) in [6, 6.07) is 12.7. The first-order valence-corrected chi connectivity index (χ1v) is 11.4. The van der Waals surface area contributed by atoms with E-state index in [1.165, 1.54) is 11.8 Å². The largest absolute Gasteiger partial charge is 0.454 e. The van der Waals surface area contributed by atoms with E-state index >= 15 is 0 Å². The maximum absolute atomic E-state index is 12.8. The van der Waals surface area contributed by atoms with Crippen molar-refractivity contribution < 1.29 is 19.0 Å². The van der Waals surface area contributed by atoms with E-state index in [9.17, 15) is 4.79 Å². The molecule has 1 saturated heterocycles. The first kappa shape index (κ1) is 20.4. The van der Waals surface area contributed by atoms with Gasteiger partial charge in [0.1, 0.15) is 0 Å². The minimum Gasteiger partial charge on any atom is -0.454 e. The maximum Gasteiger partial charge on any atom is 0.231 e. The average molecular weight is 458 g/mol. The number of hydrogen-bond donors (Lipinski definition) is 0. The number of rotatable bonds is 7. The molecule has 7 nitrogen and oxygen atoms in total. The Bertz CT molecular complexity index is 1100. The Hall–Kier alpha value is -2.55. The summed E-state index contributed by atoms with van der Waals surface area (Å²) in [7, 11) is 0. The van der Waals surface area contributed by atoms with E-state index in [1.807, 2.05) is 28.8 Å². The SMILES string of the molecule is O=C(CSc1nnc(-c2ccc(Cl)cc2)n1CC1CCCO1)c1ccc2c(c1)OCO2. The predicted octanol–water partition coefficient (Wildman–Crippen LogP) is 4.48. The van der Waals surface area contributed by atoms with Gasteiger partial charge in [0.05, 0.1) is 18.4 Å². The molecule has 0 bridgehead atoms. The number of ketones is 1. The van der Waals surface area contributed by atoms with Gasteiger partial charge in [-0.3, -0.25) is 9.36 Å². The minimum absolute atomic E-state index is 0.0111. The number of carbonyl (C=O) groups is 1. The molecular formula is C22H20ClN3O4S. The van der Waals surface area contributed by atoms with E-state index in [-0.39, 0.29) is 24.4 Å². The smallest absolute Gasteiger partial charge is 0.231 e. The lowest BCUT2D eigenvalue weighted by Gasteiger charge is -2.14. The molecule has 160 valence electrons. The van der Waals surface area contributed by atoms with Crippen LogP contribution >= 0.6 is 23.4 Å². The summed E-state index contributed by atoms with van der Waals surface area (Å²) >= 11 is 7.41. The van der Waals surface area contributed by atoms with Crippen molar-refractivity contribution >= 4 is 29.1 Å². The molecule has 0 saturated carbocycles. The van der Waals surface area contributed by atoms with Gasteiger partial charge in [-0.1, -0.05) is 23.4 Å². The van der Waals surface area contributed by atoms with E-state index < -0.39 is 0 Å². The van der Waals surface area contributed by atoms with Crippen LogP contribution in [0, 0.1) is 0 Å². The summed E-state index contributed by atoms with van der Waals surface area (Å²) in [5.41, 5.74) is 1.50. The van der Waals surface area contributed by atoms with Crippen LogP contribution in [0.2, 0.25) is 5.02 Å². The molecule has 31 heavy (non-hydrogen) atoms. The number of fused-ring (bicyclic) bond motifs is 1. The molecule has 0 N–H and O–H groups in total. The van der Waals surface area contributed by atoms with Crippen molar-refractivity contribution in [1.29, 1.82) is 0 Å². The molecule has 0 radical (unpaired) electrons. The third-order valence-corrected chi connectivity index (χ3v) is 6.48. The number of Topliss-reactive ketones (excluding diaryl/α,β-unsaturated/α-hetero) is 1. The summed E-state index contributed by atoms with van der Waals surface area (Å²) in [5, 5.41) is 10.1. The van der Waals surface area contributed by atoms with Gasteiger partial charge >= 0.3 is 0 Å². The Labute approximate surface area is 188 Å². The van der Waals surface area contributed by atoms with Crippen molar-refractivity contribution in [2.45, 2.75) is 30.6 Å². The summed E-state index contributed by atoms with van der Waals surface area (Å²) in [6.07, 6.45) is 2.16. The number of carbonyl (C=O) groups excluding carboxylic acids is 1. The number of benzene rings is 2. The highest BCUT2D eigenvalue weighted by atomic mass is 35.5. The van der Waals surface area contributed by atoms with Crippen LogP contribution in [0.3, 0.4) is 0 Å². The fourth-order valence-electron chi connectivity index (χ4n) is 3.65. The predicted molar refractivity (Wildman–Crippen MR) is 117 cm³/mol. The molecule has 0 aliphatic carbocycles. The molecule has 0 amide bonds. The first-order valence-electron chi connectivity index (χ1n) is 10.0. The zero-order valence-corrected chi connectivity index (χ0v) is 18.2. The number of thioether (sulfide) groups is 1. The Morgan fingerprint density at radius 1 is 1.13 bits per heavy atom. The van der Waals surface area contributed by atoms with Gasteiger partial charge in [-0.05, 0) is 55.3 Å². The normalized spacial score (nSPS) is 17.3. The van der Waals surface area contributed by atoms with Gasteiger partial charge in [-0.25, -0.2) is 0 Å². The number of ether oxygens (including phenoxy) is 3. The van der Waals surface area contributed by atoms with Crippen molar-refractivity contribution in [1.82, 2.24) is 14.8 Å². The van der Waals surface area contributed by atoms with Crippen LogP contribution in [0.25, 0.3) is 11.4 Å². The molecule has 9 heteroatoms. The molecule has 2 aliphatic rings. The second-order valence-electron chi connectivity index (χ2n) is 7.34. The van der Waals surface area contributed by atoms with Gasteiger partial charge < -0.3 is 14.2 Å². The second kappa shape index (κ2) is 8.90. The Balaban J connectivity index is 1.36. The highest BCUT2D eigenvalue weighted by molar-refractivity contribution is 7.99. The van der Waals surface area contributed by atoms with E-state index in [1.54, 1.807) is 18.2 Å². The molecule has 1 aromatic heterocycles. The lowest BCUT2D eigenvalue weighted by Crippen LogP contribution is -2.17. The van der Waals surface area contributed by atoms with Gasteiger partial charge in [0, 0.05) is 22.8 Å². The standard InChI is InChI=1S/C22H20ClN3O4S/c23-16-6-3-14(4-7-16)21-24-25-22(26(21)11-17-2-1-9-28-17)31-12-18(27)15-5-8-19-20(10-15)30-13-29-19/h3-8,10,17H,1-2,9,11-13H2. The molecule has 1 unspecified atom stereocenters. The topological polar surface area (TPSA) is 75.5 Å². The van der Waals surface area contributed by atoms with Crippen LogP contribution in [-0.2, 0) is 11.3 Å². The zero-order chi connectivity index (χ0) is 21.2. The third-order valence-electron chi connectivity index (χ3n) is 5.26. The van der Waals surface area contributed by atoms with Gasteiger partial charge in [0.15, 0.2) is 28.3 Å². The van der Waals surface area contributed by atoms with Crippen molar-refractivity contribution in [3.05, 3.63) is 53.1 Å². The molecule has 1 atom stereocenters. The molecule has 2 aromatic carbocycles. The van der Waals surface area contributed by atoms with Crippen LogP contribution in [0.1, 0.15) is 23.2 Å². The average Bonchev–Trinajstić information content (AvgIpc) is 3.54. The molecule has 3 heterocycles. The summed E-state index contributed by atoms with van der Waals surface area (Å²) in [5.74, 6) is 2.23. The Morgan fingerprint density at radius 3 is 2.77 bits per heavy atom. The molecule has 5 rings (SSSR count). The van der Waals surface area contributed by atoms with Crippen molar-refractivity contribution in [2.75, 3.05) is 19.2 Å². The zero-order valence-electron chi connectivity index (χ0n) is 16.6. The summed E-state index contributed by atoms with van der Waals surface area (Å²) in [4.78, 5) is 12.8. The van der Waals surface area contributed by atoms with E-state index in [4.69, 9.17) is 25.8 Å². The molecule has 3 aromatic rings. The minimum atomic E-state index is -0.0111. The van der Waals surface area contributed by atoms with Gasteiger partial charge in [0.25, 0.3) is 0 Å². The third kappa shape index (κ3) is 4.42. The summed E-state index contributed by atoms with van der Waals surface area (Å²) in [6.45, 7) is 1.60. The van der Waals surface area contributed by atoms with Crippen molar-refractivity contribution in [3.8, 4) is 22.9 Å². The van der Waals surface area contributed by atoms with Crippen molar-refractivity contribution in [3.63, 3.8) is 0 Å². The van der Waals surface area contributed by atoms with Crippen LogP contribution in [0.15, 0.2) is 47.6 Å². The van der Waals surface area contributed by atoms with Gasteiger partial charge in [0.2, 0.25) is 6.79 Å². The number of halogens is 1. The Morgan fingerprint density at radius 2 is 1.97 bits per heavy atom. The number of aromatic nitrogens is 3. The molecule has 1 fully saturated rings. The fourth-order valence-corrected chi connectivity index (χ4v) is 4.62. The fraction of sp³-hybridized carbons (Fsp3) is 0.318. The summed E-state index contributed by atoms with van der Waals surface area (Å²) < 4.78 is 18.6. The van der Waals surface area contributed by atoms with Crippen LogP contribution < -0.4 is 9.47 Å². The number of nitrogens with zero attached hydrogens (tertiary/aromatic N) is 3. The quantitative estimate of drug-likeness (QED) is 0.382. The van der Waals surface area contributed by atoms with E-state index in [2.05, 4.69) is 10.2 Å². The van der Waals surface area contributed by atoms with Crippen LogP contribution in [0.4, 0.5) is 0 Å². The maximum atomic E-state index is 12.8. The first-order chi connectivity index (χ1) is 15.2. The van der Waals surface area contributed by atoms with Gasteiger partial charge in [-0.15, -0.1) is 10.2 Å². The Kier molecular flexibility index (Phi) is 5.85. The number of hydrogen-bond acceptors (Lipinski definition) is 7. The monoisotopic (exact) mass is 457 g/mol. The van der Waals surface area contributed by atoms with E-state index in [0.717, 1.165) is 30.8 Å². The lowest BCUT2D eigenvalue weighted by molar-refractivity contribution is 0.0953. The highest BCUT2D eigenvalue weighted by Gasteiger charge is 2.23. The molecule has 2 aliphatic heterocycles. The second-order valence-corrected chi connectivity index (χ2v) is 8.72. The highest BCUT2D eigenvalue weighted by Crippen LogP contribution is 2.33. The van der Waals surface area contributed by atoms with Gasteiger partial charge in [-0.2, -0.15) is 0 Å². The molecule has 0 spiro atoms. The van der Waals surface area contributed by atoms with E-state index in [0.29, 0.717) is 33.8 Å². The van der Waals surface area contributed by atoms with Crippen LogP contribution in [0.5, 0.6) is 11.5 Å². The van der Waals surface area contributed by atoms with Crippen molar-refractivity contribution in [2.24, 2.45) is 0 Å². The van der Waals surface area contributed by atoms with Crippen LogP contribution in [-0.4, -0.2) is 45.8 Å².